The third kappa shape index (κ3) is 2.21. The lowest BCUT2D eigenvalue weighted by molar-refractivity contribution is 0.262. The molecule has 0 atom stereocenters. The van der Waals surface area contributed by atoms with Gasteiger partial charge in [-0.05, 0) is 33.9 Å². The second-order valence-electron chi connectivity index (χ2n) is 4.56. The molecule has 4 nitrogen and oxygen atoms in total. The molecule has 1 aliphatic rings. The van der Waals surface area contributed by atoms with Gasteiger partial charge in [0.25, 0.3) is 0 Å². The molecule has 2 heterocycles. The molecule has 0 aliphatic carbocycles. The van der Waals surface area contributed by atoms with Gasteiger partial charge in [-0.3, -0.25) is 10.00 Å². The Morgan fingerprint density at radius 2 is 2.27 bits per heavy atom. The topological polar surface area (TPSA) is 44.0 Å². The van der Waals surface area contributed by atoms with Crippen LogP contribution >= 0.6 is 0 Å². The molecular weight excluding hydrogens is 188 g/mol. The first-order valence-corrected chi connectivity index (χ1v) is 5.64. The molecule has 0 saturated heterocycles. The van der Waals surface area contributed by atoms with Crippen molar-refractivity contribution >= 4 is 0 Å². The molecule has 84 valence electrons. The van der Waals surface area contributed by atoms with Crippen LogP contribution in [0.15, 0.2) is 0 Å². The minimum atomic E-state index is 0.569. The zero-order valence-corrected chi connectivity index (χ0v) is 9.80. The fraction of sp³-hybridized carbons (Fsp3) is 0.727. The van der Waals surface area contributed by atoms with Crippen molar-refractivity contribution in [3.63, 3.8) is 0 Å². The van der Waals surface area contributed by atoms with E-state index in [0.29, 0.717) is 6.04 Å². The monoisotopic (exact) mass is 208 g/mol. The minimum Gasteiger partial charge on any atom is -0.311 e. The van der Waals surface area contributed by atoms with Gasteiger partial charge in [0.15, 0.2) is 0 Å². The molecule has 15 heavy (non-hydrogen) atoms. The molecule has 0 amide bonds. The van der Waals surface area contributed by atoms with Crippen LogP contribution in [-0.2, 0) is 19.5 Å². The quantitative estimate of drug-likeness (QED) is 0.775. The maximum atomic E-state index is 4.41. The van der Waals surface area contributed by atoms with Crippen LogP contribution in [0, 0.1) is 0 Å². The largest absolute Gasteiger partial charge is 0.311 e. The fourth-order valence-electron chi connectivity index (χ4n) is 1.86. The number of H-pyrrole nitrogens is 1. The average molecular weight is 208 g/mol. The van der Waals surface area contributed by atoms with Crippen LogP contribution in [-0.4, -0.2) is 34.7 Å². The van der Waals surface area contributed by atoms with Gasteiger partial charge < -0.3 is 5.32 Å². The van der Waals surface area contributed by atoms with E-state index < -0.39 is 0 Å². The normalized spacial score (nSPS) is 16.1. The average Bonchev–Trinajstić information content (AvgIpc) is 2.62. The smallest absolute Gasteiger partial charge is 0.0798 e. The summed E-state index contributed by atoms with van der Waals surface area (Å²) in [5, 5.41) is 10.9. The van der Waals surface area contributed by atoms with Crippen molar-refractivity contribution in [2.75, 3.05) is 13.6 Å². The molecule has 0 bridgehead atoms. The number of nitrogens with one attached hydrogen (secondary N) is 2. The van der Waals surface area contributed by atoms with Gasteiger partial charge in [-0.1, -0.05) is 0 Å². The van der Waals surface area contributed by atoms with E-state index >= 15 is 0 Å². The van der Waals surface area contributed by atoms with Gasteiger partial charge in [0.1, 0.15) is 0 Å². The highest BCUT2D eigenvalue weighted by atomic mass is 15.2. The number of aromatic amines is 1. The third-order valence-electron chi connectivity index (χ3n) is 3.17. The molecule has 1 aromatic rings. The first kappa shape index (κ1) is 10.6. The van der Waals surface area contributed by atoms with E-state index in [1.807, 2.05) is 0 Å². The summed E-state index contributed by atoms with van der Waals surface area (Å²) in [5.74, 6) is 0. The lowest BCUT2D eigenvalue weighted by Crippen LogP contribution is -2.28. The Kier molecular flexibility index (Phi) is 3.07. The number of rotatable bonds is 3. The second-order valence-corrected chi connectivity index (χ2v) is 4.56. The van der Waals surface area contributed by atoms with Crippen molar-refractivity contribution in [3.8, 4) is 0 Å². The maximum Gasteiger partial charge on any atom is 0.0798 e. The summed E-state index contributed by atoms with van der Waals surface area (Å²) in [4.78, 5) is 2.32. The molecule has 0 fully saturated rings. The Hall–Kier alpha value is -0.870. The Labute approximate surface area is 91.1 Å². The van der Waals surface area contributed by atoms with Crippen LogP contribution in [0.25, 0.3) is 0 Å². The summed E-state index contributed by atoms with van der Waals surface area (Å²) >= 11 is 0. The molecular formula is C11H20N4. The molecule has 0 aromatic carbocycles. The van der Waals surface area contributed by atoms with Gasteiger partial charge >= 0.3 is 0 Å². The highest BCUT2D eigenvalue weighted by Crippen LogP contribution is 2.17. The van der Waals surface area contributed by atoms with Crippen molar-refractivity contribution in [2.24, 2.45) is 0 Å². The zero-order valence-electron chi connectivity index (χ0n) is 9.80. The standard InChI is InChI=1S/C11H20N4/c1-8(2)15(3)7-11-9-4-5-12-6-10(9)13-14-11/h8,12H,4-7H2,1-3H3,(H,13,14). The molecule has 0 radical (unpaired) electrons. The maximum absolute atomic E-state index is 4.41. The van der Waals surface area contributed by atoms with E-state index in [1.54, 1.807) is 0 Å². The number of fused-ring (bicyclic) bond motifs is 1. The van der Waals surface area contributed by atoms with Crippen LogP contribution in [0.5, 0.6) is 0 Å². The first-order valence-electron chi connectivity index (χ1n) is 5.64. The van der Waals surface area contributed by atoms with Crippen LogP contribution in [0.1, 0.15) is 30.8 Å². The lowest BCUT2D eigenvalue weighted by atomic mass is 10.1. The van der Waals surface area contributed by atoms with Crippen LogP contribution < -0.4 is 5.32 Å². The van der Waals surface area contributed by atoms with Crippen molar-refractivity contribution < 1.29 is 0 Å². The summed E-state index contributed by atoms with van der Waals surface area (Å²) in [7, 11) is 2.15. The van der Waals surface area contributed by atoms with E-state index in [9.17, 15) is 0 Å². The summed E-state index contributed by atoms with van der Waals surface area (Å²) in [6, 6.07) is 0.569. The van der Waals surface area contributed by atoms with E-state index in [0.717, 1.165) is 26.1 Å². The highest BCUT2D eigenvalue weighted by molar-refractivity contribution is 5.27. The Balaban J connectivity index is 2.11. The number of aromatic nitrogens is 2. The third-order valence-corrected chi connectivity index (χ3v) is 3.17. The second kappa shape index (κ2) is 4.33. The number of hydrogen-bond acceptors (Lipinski definition) is 3. The van der Waals surface area contributed by atoms with Gasteiger partial charge in [0.05, 0.1) is 11.4 Å². The molecule has 2 rings (SSSR count). The molecule has 1 aromatic heterocycles. The van der Waals surface area contributed by atoms with E-state index in [4.69, 9.17) is 0 Å². The van der Waals surface area contributed by atoms with E-state index in [2.05, 4.69) is 41.3 Å². The predicted octanol–water partition coefficient (Wildman–Crippen LogP) is 0.896. The predicted molar refractivity (Wildman–Crippen MR) is 60.6 cm³/mol. The molecule has 1 aliphatic heterocycles. The molecule has 0 spiro atoms. The van der Waals surface area contributed by atoms with Crippen LogP contribution in [0.3, 0.4) is 0 Å². The van der Waals surface area contributed by atoms with Crippen molar-refractivity contribution in [3.05, 3.63) is 17.0 Å². The van der Waals surface area contributed by atoms with E-state index in [-0.39, 0.29) is 0 Å². The summed E-state index contributed by atoms with van der Waals surface area (Å²) in [5.41, 5.74) is 3.93. The summed E-state index contributed by atoms with van der Waals surface area (Å²) in [6.45, 7) is 7.38. The minimum absolute atomic E-state index is 0.569. The summed E-state index contributed by atoms with van der Waals surface area (Å²) < 4.78 is 0. The first-order chi connectivity index (χ1) is 7.18. The fourth-order valence-corrected chi connectivity index (χ4v) is 1.86. The van der Waals surface area contributed by atoms with Crippen molar-refractivity contribution in [1.82, 2.24) is 20.4 Å². The summed E-state index contributed by atoms with van der Waals surface area (Å²) in [6.07, 6.45) is 1.10. The van der Waals surface area contributed by atoms with Crippen molar-refractivity contribution in [2.45, 2.75) is 39.4 Å². The van der Waals surface area contributed by atoms with Gasteiger partial charge in [0.2, 0.25) is 0 Å². The zero-order chi connectivity index (χ0) is 10.8. The molecule has 2 N–H and O–H groups in total. The Morgan fingerprint density at radius 1 is 1.47 bits per heavy atom. The van der Waals surface area contributed by atoms with Crippen LogP contribution in [0.4, 0.5) is 0 Å². The Bertz CT molecular complexity index is 329. The lowest BCUT2D eigenvalue weighted by Gasteiger charge is -2.21. The number of hydrogen-bond donors (Lipinski definition) is 2. The molecule has 0 unspecified atom stereocenters. The van der Waals surface area contributed by atoms with Gasteiger partial charge in [-0.15, -0.1) is 0 Å². The van der Waals surface area contributed by atoms with Crippen LogP contribution in [0.2, 0.25) is 0 Å². The van der Waals surface area contributed by atoms with Gasteiger partial charge in [-0.25, -0.2) is 0 Å². The molecule has 4 heteroatoms. The van der Waals surface area contributed by atoms with Gasteiger partial charge in [0, 0.05) is 24.7 Å². The van der Waals surface area contributed by atoms with E-state index in [1.165, 1.54) is 17.0 Å². The number of nitrogens with zero attached hydrogens (tertiary/aromatic N) is 2. The molecule has 0 saturated carbocycles. The SMILES string of the molecule is CC(C)N(C)Cc1n[nH]c2c1CCNC2. The van der Waals surface area contributed by atoms with Crippen molar-refractivity contribution in [1.29, 1.82) is 0 Å². The van der Waals surface area contributed by atoms with Gasteiger partial charge in [-0.2, -0.15) is 5.10 Å². The highest BCUT2D eigenvalue weighted by Gasteiger charge is 2.17. The Morgan fingerprint density at radius 3 is 3.00 bits per heavy atom.